The molecule has 0 aromatic heterocycles. The van der Waals surface area contributed by atoms with Crippen LogP contribution in [0.1, 0.15) is 24.3 Å². The predicted molar refractivity (Wildman–Crippen MR) is 94.2 cm³/mol. The van der Waals surface area contributed by atoms with Gasteiger partial charge in [0, 0.05) is 16.6 Å². The van der Waals surface area contributed by atoms with Crippen LogP contribution in [-0.4, -0.2) is 13.2 Å². The van der Waals surface area contributed by atoms with E-state index in [0.29, 0.717) is 12.0 Å². The second-order valence-corrected chi connectivity index (χ2v) is 7.10. The number of benzene rings is 2. The number of hydrogen-bond acceptors (Lipinski definition) is 2. The summed E-state index contributed by atoms with van der Waals surface area (Å²) < 4.78 is 7.37. The molecule has 21 heavy (non-hydrogen) atoms. The van der Waals surface area contributed by atoms with Gasteiger partial charge in [0.1, 0.15) is 5.75 Å². The van der Waals surface area contributed by atoms with Gasteiger partial charge in [0.15, 0.2) is 0 Å². The van der Waals surface area contributed by atoms with Gasteiger partial charge in [-0.05, 0) is 62.2 Å². The van der Waals surface area contributed by atoms with Crippen LogP contribution in [0.25, 0.3) is 0 Å². The quantitative estimate of drug-likeness (QED) is 0.710. The van der Waals surface area contributed by atoms with Crippen LogP contribution < -0.4 is 10.1 Å². The zero-order valence-electron chi connectivity index (χ0n) is 11.8. The molecule has 2 aromatic rings. The van der Waals surface area contributed by atoms with Crippen molar-refractivity contribution >= 4 is 37.5 Å². The average molecular weight is 411 g/mol. The number of anilines is 1. The number of ether oxygens (including phenoxy) is 1. The summed E-state index contributed by atoms with van der Waals surface area (Å²) in [4.78, 5) is 0. The Morgan fingerprint density at radius 1 is 1.05 bits per heavy atom. The Hall–Kier alpha value is -1.000. The molecule has 1 N–H and O–H groups in total. The van der Waals surface area contributed by atoms with Crippen LogP contribution in [0.5, 0.6) is 5.75 Å². The second-order valence-electron chi connectivity index (χ2n) is 5.39. The van der Waals surface area contributed by atoms with Crippen LogP contribution in [0.2, 0.25) is 0 Å². The maximum Gasteiger partial charge on any atom is 0.135 e. The summed E-state index contributed by atoms with van der Waals surface area (Å²) in [5.74, 6) is 1.53. The van der Waals surface area contributed by atoms with Crippen molar-refractivity contribution in [2.24, 2.45) is 0 Å². The van der Waals surface area contributed by atoms with Gasteiger partial charge in [-0.25, -0.2) is 0 Å². The summed E-state index contributed by atoms with van der Waals surface area (Å²) in [7, 11) is 1.69. The standard InChI is InChI=1S/C17H17Br2NO/c1-21-17-10-16(14(18)9-15(17)19)20-13-7-12(8-13)11-5-3-2-4-6-11/h2-6,9-10,12-13,20H,7-8H2,1H3. The molecule has 0 atom stereocenters. The number of nitrogens with one attached hydrogen (secondary N) is 1. The third-order valence-electron chi connectivity index (χ3n) is 4.01. The fraction of sp³-hybridized carbons (Fsp3) is 0.294. The van der Waals surface area contributed by atoms with Gasteiger partial charge in [-0.15, -0.1) is 0 Å². The number of halogens is 2. The summed E-state index contributed by atoms with van der Waals surface area (Å²) in [5, 5.41) is 3.60. The minimum atomic E-state index is 0.525. The van der Waals surface area contributed by atoms with Crippen molar-refractivity contribution in [1.82, 2.24) is 0 Å². The molecule has 0 unspecified atom stereocenters. The maximum atomic E-state index is 5.36. The minimum absolute atomic E-state index is 0.525. The van der Waals surface area contributed by atoms with Gasteiger partial charge in [-0.2, -0.15) is 0 Å². The molecule has 0 saturated heterocycles. The van der Waals surface area contributed by atoms with Crippen molar-refractivity contribution in [3.8, 4) is 5.75 Å². The summed E-state index contributed by atoms with van der Waals surface area (Å²) in [5.41, 5.74) is 2.54. The topological polar surface area (TPSA) is 21.3 Å². The van der Waals surface area contributed by atoms with E-state index in [4.69, 9.17) is 4.74 Å². The normalized spacial score (nSPS) is 20.7. The molecular formula is C17H17Br2NO. The van der Waals surface area contributed by atoms with Gasteiger partial charge in [0.25, 0.3) is 0 Å². The van der Waals surface area contributed by atoms with E-state index in [9.17, 15) is 0 Å². The SMILES string of the molecule is COc1cc(NC2CC(c3ccccc3)C2)c(Br)cc1Br. The van der Waals surface area contributed by atoms with Crippen molar-refractivity contribution in [2.75, 3.05) is 12.4 Å². The predicted octanol–water partition coefficient (Wildman–Crippen LogP) is 5.58. The van der Waals surface area contributed by atoms with E-state index in [0.717, 1.165) is 20.4 Å². The van der Waals surface area contributed by atoms with Gasteiger partial charge < -0.3 is 10.1 Å². The second kappa shape index (κ2) is 6.41. The first-order chi connectivity index (χ1) is 10.2. The highest BCUT2D eigenvalue weighted by Crippen LogP contribution is 2.41. The lowest BCUT2D eigenvalue weighted by Gasteiger charge is -2.37. The lowest BCUT2D eigenvalue weighted by atomic mass is 9.76. The van der Waals surface area contributed by atoms with Crippen LogP contribution >= 0.6 is 31.9 Å². The molecule has 110 valence electrons. The summed E-state index contributed by atoms with van der Waals surface area (Å²) in [6, 6.07) is 15.3. The van der Waals surface area contributed by atoms with E-state index < -0.39 is 0 Å². The largest absolute Gasteiger partial charge is 0.495 e. The van der Waals surface area contributed by atoms with E-state index in [2.05, 4.69) is 67.5 Å². The lowest BCUT2D eigenvalue weighted by molar-refractivity contribution is 0.373. The molecule has 0 radical (unpaired) electrons. The van der Waals surface area contributed by atoms with Crippen LogP contribution in [-0.2, 0) is 0 Å². The van der Waals surface area contributed by atoms with Crippen molar-refractivity contribution in [2.45, 2.75) is 24.8 Å². The van der Waals surface area contributed by atoms with Gasteiger partial charge >= 0.3 is 0 Å². The van der Waals surface area contributed by atoms with Gasteiger partial charge in [0.2, 0.25) is 0 Å². The monoisotopic (exact) mass is 409 g/mol. The summed E-state index contributed by atoms with van der Waals surface area (Å²) in [6.07, 6.45) is 2.35. The molecule has 4 heteroatoms. The highest BCUT2D eigenvalue weighted by Gasteiger charge is 2.30. The Morgan fingerprint density at radius 2 is 1.76 bits per heavy atom. The molecule has 1 fully saturated rings. The van der Waals surface area contributed by atoms with E-state index in [1.54, 1.807) is 7.11 Å². The fourth-order valence-corrected chi connectivity index (χ4v) is 4.02. The van der Waals surface area contributed by atoms with Crippen LogP contribution in [0.3, 0.4) is 0 Å². The van der Waals surface area contributed by atoms with Crippen molar-refractivity contribution < 1.29 is 4.74 Å². The summed E-state index contributed by atoms with van der Waals surface area (Å²) >= 11 is 7.10. The minimum Gasteiger partial charge on any atom is -0.495 e. The highest BCUT2D eigenvalue weighted by atomic mass is 79.9. The molecule has 0 amide bonds. The average Bonchev–Trinajstić information content (AvgIpc) is 2.45. The van der Waals surface area contributed by atoms with E-state index >= 15 is 0 Å². The van der Waals surface area contributed by atoms with Crippen LogP contribution in [0, 0.1) is 0 Å². The highest BCUT2D eigenvalue weighted by molar-refractivity contribution is 9.11. The van der Waals surface area contributed by atoms with Crippen molar-refractivity contribution in [1.29, 1.82) is 0 Å². The zero-order chi connectivity index (χ0) is 14.8. The Kier molecular flexibility index (Phi) is 4.55. The first kappa shape index (κ1) is 14.9. The molecule has 2 aromatic carbocycles. The zero-order valence-corrected chi connectivity index (χ0v) is 14.9. The molecule has 2 nitrogen and oxygen atoms in total. The third kappa shape index (κ3) is 3.27. The van der Waals surface area contributed by atoms with Crippen molar-refractivity contribution in [3.63, 3.8) is 0 Å². The van der Waals surface area contributed by atoms with Crippen LogP contribution in [0.4, 0.5) is 5.69 Å². The molecule has 0 bridgehead atoms. The maximum absolute atomic E-state index is 5.36. The molecule has 1 saturated carbocycles. The molecule has 3 rings (SSSR count). The Balaban J connectivity index is 1.64. The first-order valence-corrected chi connectivity index (χ1v) is 8.60. The number of rotatable bonds is 4. The van der Waals surface area contributed by atoms with Gasteiger partial charge in [-0.1, -0.05) is 30.3 Å². The number of hydrogen-bond donors (Lipinski definition) is 1. The Labute approximate surface area is 142 Å². The fourth-order valence-electron chi connectivity index (χ4n) is 2.75. The molecular weight excluding hydrogens is 394 g/mol. The third-order valence-corrected chi connectivity index (χ3v) is 5.29. The molecule has 1 aliphatic carbocycles. The van der Waals surface area contributed by atoms with E-state index in [1.807, 2.05) is 12.1 Å². The van der Waals surface area contributed by atoms with Crippen LogP contribution in [0.15, 0.2) is 51.4 Å². The lowest BCUT2D eigenvalue weighted by Crippen LogP contribution is -2.34. The smallest absolute Gasteiger partial charge is 0.135 e. The van der Waals surface area contributed by atoms with Gasteiger partial charge in [-0.3, -0.25) is 0 Å². The van der Waals surface area contributed by atoms with E-state index in [1.165, 1.54) is 18.4 Å². The number of methoxy groups -OCH3 is 1. The van der Waals surface area contributed by atoms with Crippen molar-refractivity contribution in [3.05, 3.63) is 57.0 Å². The molecule has 0 spiro atoms. The first-order valence-electron chi connectivity index (χ1n) is 7.02. The van der Waals surface area contributed by atoms with E-state index in [-0.39, 0.29) is 0 Å². The molecule has 0 heterocycles. The summed E-state index contributed by atoms with van der Waals surface area (Å²) in [6.45, 7) is 0. The van der Waals surface area contributed by atoms with Gasteiger partial charge in [0.05, 0.1) is 17.3 Å². The Morgan fingerprint density at radius 3 is 2.43 bits per heavy atom. The molecule has 0 aliphatic heterocycles. The Bertz CT molecular complexity index is 624. The molecule has 1 aliphatic rings.